The van der Waals surface area contributed by atoms with Gasteiger partial charge in [-0.15, -0.1) is 0 Å². The van der Waals surface area contributed by atoms with Crippen LogP contribution < -0.4 is 23.5 Å². The highest BCUT2D eigenvalue weighted by Gasteiger charge is 2.22. The molecule has 31 heavy (non-hydrogen) atoms. The minimum atomic E-state index is -3.77. The van der Waals surface area contributed by atoms with Gasteiger partial charge in [-0.3, -0.25) is 0 Å². The predicted octanol–water partition coefficient (Wildman–Crippen LogP) is 5.10. The van der Waals surface area contributed by atoms with E-state index in [1.54, 1.807) is 46.6 Å². The highest BCUT2D eigenvalue weighted by atomic mass is 32.1. The van der Waals surface area contributed by atoms with Gasteiger partial charge in [-0.05, 0) is 41.4 Å². The van der Waals surface area contributed by atoms with E-state index in [1.165, 1.54) is 18.6 Å². The van der Waals surface area contributed by atoms with Crippen molar-refractivity contribution in [3.63, 3.8) is 0 Å². The summed E-state index contributed by atoms with van der Waals surface area (Å²) in [5, 5.41) is 0. The Labute approximate surface area is 185 Å². The van der Waals surface area contributed by atoms with E-state index in [2.05, 4.69) is 4.37 Å². The molecule has 2 aromatic carbocycles. The molecular formula is C21H24NO7PS. The number of ether oxygens (including phenoxy) is 4. The normalized spacial score (nSPS) is 12.7. The highest BCUT2D eigenvalue weighted by Crippen LogP contribution is 2.48. The van der Waals surface area contributed by atoms with Crippen LogP contribution in [0.2, 0.25) is 0 Å². The van der Waals surface area contributed by atoms with Gasteiger partial charge in [0.2, 0.25) is 5.75 Å². The van der Waals surface area contributed by atoms with Crippen molar-refractivity contribution in [2.45, 2.75) is 6.92 Å². The smallest absolute Gasteiger partial charge is 0.376 e. The Kier molecular flexibility index (Phi) is 7.10. The third-order valence-electron chi connectivity index (χ3n) is 4.61. The lowest BCUT2D eigenvalue weighted by Crippen LogP contribution is -1.97. The molecule has 0 saturated carbocycles. The molecular weight excluding hydrogens is 441 g/mol. The van der Waals surface area contributed by atoms with E-state index in [-0.39, 0.29) is 11.9 Å². The average molecular weight is 465 g/mol. The van der Waals surface area contributed by atoms with Crippen molar-refractivity contribution in [2.24, 2.45) is 0 Å². The molecule has 166 valence electrons. The molecule has 1 N–H and O–H groups in total. The van der Waals surface area contributed by atoms with Crippen LogP contribution in [0.25, 0.3) is 21.6 Å². The topological polar surface area (TPSA) is 96.3 Å². The Hall–Kier alpha value is -2.74. The number of hydrogen-bond acceptors (Lipinski definition) is 8. The Morgan fingerprint density at radius 3 is 2.06 bits per heavy atom. The Morgan fingerprint density at radius 2 is 1.52 bits per heavy atom. The summed E-state index contributed by atoms with van der Waals surface area (Å²) < 4.78 is 43.5. The molecule has 0 fully saturated rings. The molecule has 0 spiro atoms. The number of hydrogen-bond donors (Lipinski definition) is 1. The van der Waals surface area contributed by atoms with Crippen LogP contribution in [0.5, 0.6) is 28.7 Å². The zero-order valence-electron chi connectivity index (χ0n) is 17.9. The second-order valence-corrected chi connectivity index (χ2v) is 9.28. The molecule has 0 amide bonds. The minimum Gasteiger partial charge on any atom is -0.493 e. The van der Waals surface area contributed by atoms with Crippen LogP contribution in [0, 0.1) is 0 Å². The summed E-state index contributed by atoms with van der Waals surface area (Å²) in [6.45, 7) is 1.59. The third-order valence-corrected chi connectivity index (χ3v) is 6.74. The quantitative estimate of drug-likeness (QED) is 0.436. The molecule has 3 aromatic rings. The number of methoxy groups -OCH3 is 4. The Balaban J connectivity index is 2.11. The van der Waals surface area contributed by atoms with Crippen molar-refractivity contribution in [2.75, 3.05) is 34.6 Å². The molecule has 0 bridgehead atoms. The van der Waals surface area contributed by atoms with E-state index in [0.29, 0.717) is 23.0 Å². The van der Waals surface area contributed by atoms with Gasteiger partial charge >= 0.3 is 7.60 Å². The first kappa shape index (κ1) is 22.9. The summed E-state index contributed by atoms with van der Waals surface area (Å²) in [7, 11) is 2.37. The van der Waals surface area contributed by atoms with Crippen LogP contribution in [0.3, 0.4) is 0 Å². The number of benzene rings is 2. The fraction of sp³-hybridized carbons (Fsp3) is 0.286. The molecule has 0 radical (unpaired) electrons. The van der Waals surface area contributed by atoms with Gasteiger partial charge in [-0.2, -0.15) is 4.37 Å². The van der Waals surface area contributed by atoms with Gasteiger partial charge in [0.05, 0.1) is 39.5 Å². The molecule has 0 aliphatic heterocycles. The van der Waals surface area contributed by atoms with E-state index in [1.807, 2.05) is 18.2 Å². The van der Waals surface area contributed by atoms with Crippen LogP contribution in [-0.4, -0.2) is 43.9 Å². The monoisotopic (exact) mass is 465 g/mol. The summed E-state index contributed by atoms with van der Waals surface area (Å²) in [5.41, 5.74) is 2.40. The van der Waals surface area contributed by atoms with Gasteiger partial charge in [-0.25, -0.2) is 4.57 Å². The number of nitrogens with zero attached hydrogens (tertiary/aromatic N) is 1. The summed E-state index contributed by atoms with van der Waals surface area (Å²) in [4.78, 5) is 10.8. The summed E-state index contributed by atoms with van der Waals surface area (Å²) in [6, 6.07) is 8.89. The second-order valence-electron chi connectivity index (χ2n) is 6.39. The molecule has 1 unspecified atom stereocenters. The average Bonchev–Trinajstić information content (AvgIpc) is 3.27. The minimum absolute atomic E-state index is 0.0168. The predicted molar refractivity (Wildman–Crippen MR) is 120 cm³/mol. The number of aromatic nitrogens is 1. The standard InChI is InChI=1S/C21H24NO7PS/c1-6-30(23,24)29-17-9-13(7-8-16(17)25-2)15-12-22-31-21(15)14-10-18(26-3)20(28-5)19(11-14)27-4/h7-12H,6H2,1-5H3,(H,23,24). The van der Waals surface area contributed by atoms with Gasteiger partial charge in [0.25, 0.3) is 0 Å². The van der Waals surface area contributed by atoms with Gasteiger partial charge in [0.15, 0.2) is 23.0 Å². The zero-order valence-corrected chi connectivity index (χ0v) is 19.6. The lowest BCUT2D eigenvalue weighted by molar-refractivity contribution is 0.324. The highest BCUT2D eigenvalue weighted by molar-refractivity contribution is 7.53. The van der Waals surface area contributed by atoms with Gasteiger partial charge in [0.1, 0.15) is 0 Å². The second kappa shape index (κ2) is 9.60. The van der Waals surface area contributed by atoms with Gasteiger partial charge in [-0.1, -0.05) is 13.0 Å². The molecule has 0 aliphatic rings. The van der Waals surface area contributed by atoms with Crippen LogP contribution >= 0.6 is 19.1 Å². The van der Waals surface area contributed by atoms with E-state index >= 15 is 0 Å². The van der Waals surface area contributed by atoms with Crippen molar-refractivity contribution < 1.29 is 32.9 Å². The van der Waals surface area contributed by atoms with Crippen LogP contribution in [-0.2, 0) is 4.57 Å². The fourth-order valence-electron chi connectivity index (χ4n) is 3.00. The van der Waals surface area contributed by atoms with E-state index < -0.39 is 7.60 Å². The maximum absolute atomic E-state index is 12.1. The van der Waals surface area contributed by atoms with Crippen LogP contribution in [0.4, 0.5) is 0 Å². The van der Waals surface area contributed by atoms with Crippen LogP contribution in [0.1, 0.15) is 6.92 Å². The first-order chi connectivity index (χ1) is 14.9. The Bertz CT molecular complexity index is 1090. The first-order valence-corrected chi connectivity index (χ1v) is 11.9. The van der Waals surface area contributed by atoms with Crippen molar-refractivity contribution in [1.29, 1.82) is 0 Å². The molecule has 0 saturated heterocycles. The maximum atomic E-state index is 12.1. The maximum Gasteiger partial charge on any atom is 0.376 e. The summed E-state index contributed by atoms with van der Waals surface area (Å²) >= 11 is 1.30. The zero-order chi connectivity index (χ0) is 22.6. The largest absolute Gasteiger partial charge is 0.493 e. The van der Waals surface area contributed by atoms with Crippen LogP contribution in [0.15, 0.2) is 36.5 Å². The SMILES string of the molecule is CCP(=O)(O)Oc1cc(-c2cnsc2-c2cc(OC)c(OC)c(OC)c2)ccc1OC. The lowest BCUT2D eigenvalue weighted by Gasteiger charge is -2.16. The lowest BCUT2D eigenvalue weighted by atomic mass is 10.0. The van der Waals surface area contributed by atoms with Crippen molar-refractivity contribution in [3.05, 3.63) is 36.5 Å². The molecule has 8 nitrogen and oxygen atoms in total. The first-order valence-electron chi connectivity index (χ1n) is 9.32. The van der Waals surface area contributed by atoms with Crippen molar-refractivity contribution >= 4 is 19.1 Å². The van der Waals surface area contributed by atoms with Gasteiger partial charge in [0, 0.05) is 17.3 Å². The molecule has 1 atom stereocenters. The van der Waals surface area contributed by atoms with Crippen molar-refractivity contribution in [1.82, 2.24) is 4.37 Å². The molecule has 1 heterocycles. The van der Waals surface area contributed by atoms with E-state index in [4.69, 9.17) is 23.5 Å². The van der Waals surface area contributed by atoms with E-state index in [0.717, 1.165) is 21.6 Å². The third kappa shape index (κ3) is 4.79. The summed E-state index contributed by atoms with van der Waals surface area (Å²) in [6.07, 6.45) is 1.71. The fourth-order valence-corrected chi connectivity index (χ4v) is 4.33. The molecule has 3 rings (SSSR count). The van der Waals surface area contributed by atoms with Gasteiger partial charge < -0.3 is 28.4 Å². The molecule has 10 heteroatoms. The molecule has 0 aliphatic carbocycles. The Morgan fingerprint density at radius 1 is 0.903 bits per heavy atom. The summed E-state index contributed by atoms with van der Waals surface area (Å²) in [5.74, 6) is 2.11. The van der Waals surface area contributed by atoms with E-state index in [9.17, 15) is 9.46 Å². The number of rotatable bonds is 9. The molecule has 1 aromatic heterocycles. The van der Waals surface area contributed by atoms with Crippen molar-refractivity contribution in [3.8, 4) is 50.3 Å².